The third kappa shape index (κ3) is 6.78. The highest BCUT2D eigenvalue weighted by Crippen LogP contribution is 2.37. The summed E-state index contributed by atoms with van der Waals surface area (Å²) >= 11 is 0. The monoisotopic (exact) mass is 583 g/mol. The summed E-state index contributed by atoms with van der Waals surface area (Å²) in [6.07, 6.45) is 2.27. The molecule has 0 bridgehead atoms. The molecule has 3 atom stereocenters. The molecule has 0 N–H and O–H groups in total. The van der Waals surface area contributed by atoms with Crippen LogP contribution in [0.1, 0.15) is 56.8 Å². The van der Waals surface area contributed by atoms with Gasteiger partial charge in [-0.25, -0.2) is 4.79 Å². The van der Waals surface area contributed by atoms with Crippen LogP contribution < -0.4 is 0 Å². The number of likely N-dealkylation sites (tertiary alicyclic amines) is 1. The van der Waals surface area contributed by atoms with E-state index < -0.39 is 22.7 Å². The second-order valence-electron chi connectivity index (χ2n) is 12.1. The number of rotatable bonds is 8. The number of nitro groups is 1. The van der Waals surface area contributed by atoms with Crippen LogP contribution in [-0.2, 0) is 27.3 Å². The van der Waals surface area contributed by atoms with Crippen molar-refractivity contribution in [3.05, 3.63) is 112 Å². The predicted molar refractivity (Wildman–Crippen MR) is 164 cm³/mol. The number of non-ortho nitro benzene ring substituents is 1. The van der Waals surface area contributed by atoms with Gasteiger partial charge in [0.25, 0.3) is 5.69 Å². The molecule has 1 fully saturated rings. The van der Waals surface area contributed by atoms with Crippen molar-refractivity contribution in [1.29, 1.82) is 0 Å². The molecule has 43 heavy (non-hydrogen) atoms. The molecular formula is C34H37N3O6. The molecular weight excluding hydrogens is 546 g/mol. The molecule has 224 valence electrons. The van der Waals surface area contributed by atoms with Crippen LogP contribution in [0.25, 0.3) is 10.9 Å². The van der Waals surface area contributed by atoms with Crippen LogP contribution >= 0.6 is 0 Å². The van der Waals surface area contributed by atoms with E-state index in [9.17, 15) is 19.7 Å². The van der Waals surface area contributed by atoms with E-state index in [1.54, 1.807) is 33.0 Å². The van der Waals surface area contributed by atoms with Crippen molar-refractivity contribution in [1.82, 2.24) is 9.47 Å². The Bertz CT molecular complexity index is 1610. The first-order chi connectivity index (χ1) is 20.5. The minimum atomic E-state index is -0.720. The second-order valence-corrected chi connectivity index (χ2v) is 12.1. The van der Waals surface area contributed by atoms with E-state index in [0.29, 0.717) is 23.9 Å². The fourth-order valence-corrected chi connectivity index (χ4v) is 5.90. The molecule has 5 rings (SSSR count). The highest BCUT2D eigenvalue weighted by atomic mass is 16.6. The van der Waals surface area contributed by atoms with Gasteiger partial charge in [-0.1, -0.05) is 60.7 Å². The number of hydrogen-bond donors (Lipinski definition) is 0. The van der Waals surface area contributed by atoms with Crippen LogP contribution in [0.5, 0.6) is 0 Å². The SMILES string of the molecule is C[C@@H](c1ccccc1)N1CC[C@@H](Cc2cn(C(=O)OC(C)(C)C)c3ccc([N+](=O)[O-])cc23)[C@H]1C(=O)OCc1ccccc1. The summed E-state index contributed by atoms with van der Waals surface area (Å²) < 4.78 is 12.9. The quantitative estimate of drug-likeness (QED) is 0.124. The van der Waals surface area contributed by atoms with Gasteiger partial charge in [-0.2, -0.15) is 0 Å². The zero-order valence-electron chi connectivity index (χ0n) is 24.9. The molecule has 0 spiro atoms. The lowest BCUT2D eigenvalue weighted by Gasteiger charge is -2.32. The molecule has 3 aromatic carbocycles. The Kier molecular flexibility index (Phi) is 8.64. The number of fused-ring (bicyclic) bond motifs is 1. The minimum absolute atomic E-state index is 0.0373. The summed E-state index contributed by atoms with van der Waals surface area (Å²) in [6, 6.07) is 23.5. The maximum Gasteiger partial charge on any atom is 0.419 e. The summed E-state index contributed by atoms with van der Waals surface area (Å²) in [5.74, 6) is -0.456. The topological polar surface area (TPSA) is 104 Å². The predicted octanol–water partition coefficient (Wildman–Crippen LogP) is 7.07. The molecule has 0 unspecified atom stereocenters. The number of esters is 1. The largest absolute Gasteiger partial charge is 0.460 e. The summed E-state index contributed by atoms with van der Waals surface area (Å²) in [4.78, 5) is 40.4. The second kappa shape index (κ2) is 12.4. The highest BCUT2D eigenvalue weighted by Gasteiger charge is 2.43. The highest BCUT2D eigenvalue weighted by molar-refractivity contribution is 5.93. The molecule has 1 aliphatic heterocycles. The summed E-state index contributed by atoms with van der Waals surface area (Å²) in [5.41, 5.74) is 2.47. The van der Waals surface area contributed by atoms with E-state index in [1.165, 1.54) is 16.7 Å². The molecule has 2 heterocycles. The number of ether oxygens (including phenoxy) is 2. The fourth-order valence-electron chi connectivity index (χ4n) is 5.90. The maximum absolute atomic E-state index is 13.8. The van der Waals surface area contributed by atoms with E-state index in [2.05, 4.69) is 24.0 Å². The van der Waals surface area contributed by atoms with Gasteiger partial charge in [0.05, 0.1) is 10.4 Å². The van der Waals surface area contributed by atoms with Gasteiger partial charge >= 0.3 is 12.1 Å². The molecule has 0 amide bonds. The van der Waals surface area contributed by atoms with E-state index in [0.717, 1.165) is 23.1 Å². The van der Waals surface area contributed by atoms with Gasteiger partial charge in [-0.15, -0.1) is 0 Å². The number of carbonyl (C=O) groups is 2. The number of hydrogen-bond acceptors (Lipinski definition) is 7. The first-order valence-corrected chi connectivity index (χ1v) is 14.5. The van der Waals surface area contributed by atoms with Crippen molar-refractivity contribution in [2.75, 3.05) is 6.54 Å². The van der Waals surface area contributed by atoms with Crippen LogP contribution in [0.15, 0.2) is 85.1 Å². The van der Waals surface area contributed by atoms with E-state index in [1.807, 2.05) is 48.5 Å². The number of carbonyl (C=O) groups excluding carboxylic acids is 2. The zero-order chi connectivity index (χ0) is 30.7. The smallest absolute Gasteiger partial charge is 0.419 e. The number of benzene rings is 3. The lowest BCUT2D eigenvalue weighted by atomic mass is 9.91. The third-order valence-corrected chi connectivity index (χ3v) is 7.96. The Hall–Kier alpha value is -4.50. The molecule has 1 aliphatic rings. The standard InChI is InChI=1S/C34H37N3O6/c1-23(25-13-9-6-10-14-25)35-18-17-26(31(35)32(38)42-22-24-11-7-5-8-12-24)19-27-21-36(33(39)43-34(2,3)4)30-16-15-28(37(40)41)20-29(27)30/h5-16,20-21,23,26,31H,17-19,22H2,1-4H3/t23-,26-,31-/m0/s1. The number of nitro benzene ring substituents is 1. The van der Waals surface area contributed by atoms with Gasteiger partial charge in [-0.05, 0) is 75.8 Å². The van der Waals surface area contributed by atoms with Gasteiger partial charge in [0.15, 0.2) is 0 Å². The molecule has 0 radical (unpaired) electrons. The van der Waals surface area contributed by atoms with Crippen molar-refractivity contribution in [3.63, 3.8) is 0 Å². The van der Waals surface area contributed by atoms with E-state index in [-0.39, 0.29) is 30.2 Å². The lowest BCUT2D eigenvalue weighted by Crippen LogP contribution is -2.42. The number of aromatic nitrogens is 1. The molecule has 9 nitrogen and oxygen atoms in total. The fraction of sp³-hybridized carbons (Fsp3) is 0.353. The van der Waals surface area contributed by atoms with Gasteiger partial charge in [0.2, 0.25) is 0 Å². The lowest BCUT2D eigenvalue weighted by molar-refractivity contribution is -0.384. The Labute approximate surface area is 251 Å². The van der Waals surface area contributed by atoms with Crippen LogP contribution in [-0.4, -0.2) is 44.6 Å². The van der Waals surface area contributed by atoms with Crippen molar-refractivity contribution < 1.29 is 24.0 Å². The Balaban J connectivity index is 1.49. The van der Waals surface area contributed by atoms with Crippen LogP contribution in [0.3, 0.4) is 0 Å². The Morgan fingerprint density at radius 3 is 2.35 bits per heavy atom. The molecule has 1 saturated heterocycles. The van der Waals surface area contributed by atoms with Crippen molar-refractivity contribution in [3.8, 4) is 0 Å². The molecule has 0 saturated carbocycles. The molecule has 0 aliphatic carbocycles. The first-order valence-electron chi connectivity index (χ1n) is 14.5. The minimum Gasteiger partial charge on any atom is -0.460 e. The summed E-state index contributed by atoms with van der Waals surface area (Å²) in [5, 5.41) is 12.2. The van der Waals surface area contributed by atoms with Crippen molar-refractivity contribution >= 4 is 28.7 Å². The Morgan fingerprint density at radius 2 is 1.70 bits per heavy atom. The molecule has 9 heteroatoms. The third-order valence-electron chi connectivity index (χ3n) is 7.96. The number of nitrogens with zero attached hydrogens (tertiary/aromatic N) is 3. The zero-order valence-corrected chi connectivity index (χ0v) is 24.9. The summed E-state index contributed by atoms with van der Waals surface area (Å²) in [7, 11) is 0. The first kappa shape index (κ1) is 30.0. The average Bonchev–Trinajstić information content (AvgIpc) is 3.57. The van der Waals surface area contributed by atoms with Crippen molar-refractivity contribution in [2.24, 2.45) is 5.92 Å². The van der Waals surface area contributed by atoms with Gasteiger partial charge in [0, 0.05) is 29.8 Å². The normalized spacial score (nSPS) is 18.0. The molecule has 4 aromatic rings. The van der Waals surface area contributed by atoms with Crippen molar-refractivity contribution in [2.45, 2.75) is 64.8 Å². The van der Waals surface area contributed by atoms with Crippen LogP contribution in [0, 0.1) is 16.0 Å². The van der Waals surface area contributed by atoms with E-state index >= 15 is 0 Å². The average molecular weight is 584 g/mol. The van der Waals surface area contributed by atoms with Crippen LogP contribution in [0.2, 0.25) is 0 Å². The van der Waals surface area contributed by atoms with Gasteiger partial charge in [0.1, 0.15) is 18.2 Å². The molecule has 1 aromatic heterocycles. The Morgan fingerprint density at radius 1 is 1.02 bits per heavy atom. The van der Waals surface area contributed by atoms with Gasteiger partial charge in [-0.3, -0.25) is 24.4 Å². The van der Waals surface area contributed by atoms with Gasteiger partial charge < -0.3 is 9.47 Å². The summed E-state index contributed by atoms with van der Waals surface area (Å²) in [6.45, 7) is 8.29. The van der Waals surface area contributed by atoms with Crippen LogP contribution in [0.4, 0.5) is 10.5 Å². The van der Waals surface area contributed by atoms with E-state index in [4.69, 9.17) is 9.47 Å². The maximum atomic E-state index is 13.8.